The van der Waals surface area contributed by atoms with E-state index in [1.807, 2.05) is 0 Å². The van der Waals surface area contributed by atoms with Gasteiger partial charge in [0.2, 0.25) is 0 Å². The van der Waals surface area contributed by atoms with Gasteiger partial charge in [0.15, 0.2) is 0 Å². The molecule has 0 aromatic carbocycles. The summed E-state index contributed by atoms with van der Waals surface area (Å²) in [6.45, 7) is 10.6. The molecule has 2 saturated carbocycles. The second-order valence-corrected chi connectivity index (χ2v) is 8.04. The van der Waals surface area contributed by atoms with Crippen LogP contribution in [0.4, 0.5) is 0 Å². The van der Waals surface area contributed by atoms with Crippen molar-refractivity contribution in [2.45, 2.75) is 77.6 Å². The van der Waals surface area contributed by atoms with E-state index in [1.165, 1.54) is 19.8 Å². The third-order valence-electron chi connectivity index (χ3n) is 6.24. The second-order valence-electron chi connectivity index (χ2n) is 8.04. The van der Waals surface area contributed by atoms with Gasteiger partial charge in [0, 0.05) is 12.8 Å². The van der Waals surface area contributed by atoms with Crippen LogP contribution in [0.3, 0.4) is 0 Å². The molecule has 2 aliphatic heterocycles. The predicted octanol–water partition coefficient (Wildman–Crippen LogP) is 3.56. The molecule has 0 amide bonds. The van der Waals surface area contributed by atoms with Crippen LogP contribution in [0.25, 0.3) is 0 Å². The molecule has 0 N–H and O–H groups in total. The lowest BCUT2D eigenvalue weighted by molar-refractivity contribution is -0.213. The van der Waals surface area contributed by atoms with Gasteiger partial charge in [0.25, 0.3) is 0 Å². The lowest BCUT2D eigenvalue weighted by atomic mass is 9.77. The van der Waals surface area contributed by atoms with Crippen molar-refractivity contribution in [3.63, 3.8) is 0 Å². The molecule has 0 unspecified atom stereocenters. The van der Waals surface area contributed by atoms with E-state index in [1.54, 1.807) is 0 Å². The van der Waals surface area contributed by atoms with Crippen molar-refractivity contribution in [3.05, 3.63) is 0 Å². The van der Waals surface area contributed by atoms with E-state index in [-0.39, 0.29) is 23.3 Å². The van der Waals surface area contributed by atoms with Gasteiger partial charge in [0.1, 0.15) is 6.10 Å². The van der Waals surface area contributed by atoms with E-state index in [9.17, 15) is 4.79 Å². The molecule has 0 aromatic heterocycles. The maximum atomic E-state index is 11.4. The molecule has 0 radical (unpaired) electrons. The average molecular weight is 280 g/mol. The van der Waals surface area contributed by atoms with Crippen molar-refractivity contribution in [3.8, 4) is 0 Å². The normalized spacial score (nSPS) is 49.5. The summed E-state index contributed by atoms with van der Waals surface area (Å²) in [4.78, 5) is 11.4. The standard InChI is InChI=1S/C17H28O3/c1-10-8-14(19-11(2)18)15-13(10)9-12-6-7-17(15,5)20-16(12,3)4/h10,12-15H,6-9H2,1-5H3/t10-,12-,13-,14-,15-,17+/m1/s1. The SMILES string of the molecule is CC(=O)O[C@@H]1C[C@@H](C)[C@H]2C[C@H]3CC[C@](C)(OC3(C)C)[C@H]21. The molecule has 4 aliphatic rings. The first kappa shape index (κ1) is 14.4. The van der Waals surface area contributed by atoms with E-state index >= 15 is 0 Å². The number of esters is 1. The Morgan fingerprint density at radius 2 is 1.95 bits per heavy atom. The van der Waals surface area contributed by atoms with Crippen molar-refractivity contribution in [1.82, 2.24) is 0 Å². The molecule has 2 aliphatic carbocycles. The van der Waals surface area contributed by atoms with E-state index in [0.717, 1.165) is 12.8 Å². The lowest BCUT2D eigenvalue weighted by Crippen LogP contribution is -2.52. The third kappa shape index (κ3) is 2.09. The molecular weight excluding hydrogens is 252 g/mol. The van der Waals surface area contributed by atoms with E-state index in [4.69, 9.17) is 9.47 Å². The van der Waals surface area contributed by atoms with Crippen LogP contribution < -0.4 is 0 Å². The zero-order chi connectivity index (χ0) is 14.7. The molecule has 4 fully saturated rings. The van der Waals surface area contributed by atoms with Gasteiger partial charge in [-0.25, -0.2) is 0 Å². The summed E-state index contributed by atoms with van der Waals surface area (Å²) in [7, 11) is 0. The molecule has 20 heavy (non-hydrogen) atoms. The van der Waals surface area contributed by atoms with Crippen LogP contribution >= 0.6 is 0 Å². The first-order chi connectivity index (χ1) is 9.23. The monoisotopic (exact) mass is 280 g/mol. The predicted molar refractivity (Wildman–Crippen MR) is 77.2 cm³/mol. The van der Waals surface area contributed by atoms with Crippen LogP contribution in [-0.4, -0.2) is 23.3 Å². The average Bonchev–Trinajstić information content (AvgIpc) is 2.46. The van der Waals surface area contributed by atoms with Crippen molar-refractivity contribution < 1.29 is 14.3 Å². The minimum atomic E-state index is -0.149. The molecule has 3 heteroatoms. The second kappa shape index (κ2) is 4.46. The minimum Gasteiger partial charge on any atom is -0.462 e. The van der Waals surface area contributed by atoms with Gasteiger partial charge < -0.3 is 9.47 Å². The maximum Gasteiger partial charge on any atom is 0.302 e. The molecule has 114 valence electrons. The zero-order valence-electron chi connectivity index (χ0n) is 13.4. The van der Waals surface area contributed by atoms with Crippen LogP contribution in [-0.2, 0) is 14.3 Å². The van der Waals surface area contributed by atoms with Crippen LogP contribution in [0.2, 0.25) is 0 Å². The van der Waals surface area contributed by atoms with Gasteiger partial charge in [-0.05, 0) is 64.2 Å². The number of ether oxygens (including phenoxy) is 2. The van der Waals surface area contributed by atoms with Crippen molar-refractivity contribution in [2.24, 2.45) is 23.7 Å². The minimum absolute atomic E-state index is 0.0438. The maximum absolute atomic E-state index is 11.4. The van der Waals surface area contributed by atoms with E-state index in [0.29, 0.717) is 23.7 Å². The first-order valence-corrected chi connectivity index (χ1v) is 8.10. The van der Waals surface area contributed by atoms with E-state index < -0.39 is 0 Å². The number of hydrogen-bond donors (Lipinski definition) is 0. The van der Waals surface area contributed by atoms with Gasteiger partial charge in [-0.1, -0.05) is 6.92 Å². The highest BCUT2D eigenvalue weighted by atomic mass is 16.6. The molecular formula is C17H28O3. The first-order valence-electron chi connectivity index (χ1n) is 8.10. The number of rotatable bonds is 1. The van der Waals surface area contributed by atoms with Gasteiger partial charge in [-0.15, -0.1) is 0 Å². The number of fused-ring (bicyclic) bond motifs is 2. The Morgan fingerprint density at radius 1 is 1.25 bits per heavy atom. The highest BCUT2D eigenvalue weighted by molar-refractivity contribution is 5.66. The van der Waals surface area contributed by atoms with Gasteiger partial charge >= 0.3 is 5.97 Å². The number of carbonyl (C=O) groups excluding carboxylic acids is 1. The molecule has 3 nitrogen and oxygen atoms in total. The fourth-order valence-electron chi connectivity index (χ4n) is 5.39. The zero-order valence-corrected chi connectivity index (χ0v) is 13.4. The Morgan fingerprint density at radius 3 is 2.55 bits per heavy atom. The smallest absolute Gasteiger partial charge is 0.302 e. The van der Waals surface area contributed by atoms with Gasteiger partial charge in [-0.3, -0.25) is 4.79 Å². The van der Waals surface area contributed by atoms with Crippen molar-refractivity contribution in [2.75, 3.05) is 0 Å². The van der Waals surface area contributed by atoms with Crippen LogP contribution in [0.5, 0.6) is 0 Å². The Hall–Kier alpha value is -0.570. The van der Waals surface area contributed by atoms with Gasteiger partial charge in [0.05, 0.1) is 11.2 Å². The highest BCUT2D eigenvalue weighted by Gasteiger charge is 2.60. The van der Waals surface area contributed by atoms with Gasteiger partial charge in [-0.2, -0.15) is 0 Å². The number of hydrogen-bond acceptors (Lipinski definition) is 3. The summed E-state index contributed by atoms with van der Waals surface area (Å²) in [6.07, 6.45) is 4.63. The summed E-state index contributed by atoms with van der Waals surface area (Å²) in [6, 6.07) is 0. The summed E-state index contributed by atoms with van der Waals surface area (Å²) < 4.78 is 12.2. The molecule has 2 saturated heterocycles. The quantitative estimate of drug-likeness (QED) is 0.689. The Bertz CT molecular complexity index is 416. The molecule has 2 heterocycles. The Labute approximate surface area is 122 Å². The molecule has 0 aromatic rings. The lowest BCUT2D eigenvalue weighted by Gasteiger charge is -2.48. The number of carbonyl (C=O) groups is 1. The largest absolute Gasteiger partial charge is 0.462 e. The van der Waals surface area contributed by atoms with E-state index in [2.05, 4.69) is 27.7 Å². The summed E-state index contributed by atoms with van der Waals surface area (Å²) in [5.41, 5.74) is -0.177. The topological polar surface area (TPSA) is 35.5 Å². The fourth-order valence-corrected chi connectivity index (χ4v) is 5.39. The molecule has 0 spiro atoms. The summed E-state index contributed by atoms with van der Waals surface area (Å²) in [5, 5.41) is 0. The van der Waals surface area contributed by atoms with Crippen molar-refractivity contribution in [1.29, 1.82) is 0 Å². The summed E-state index contributed by atoms with van der Waals surface area (Å²) >= 11 is 0. The van der Waals surface area contributed by atoms with Crippen LogP contribution in [0, 0.1) is 23.7 Å². The van der Waals surface area contributed by atoms with Crippen LogP contribution in [0.1, 0.15) is 60.3 Å². The Kier molecular flexibility index (Phi) is 3.20. The highest BCUT2D eigenvalue weighted by Crippen LogP contribution is 2.58. The third-order valence-corrected chi connectivity index (χ3v) is 6.24. The van der Waals surface area contributed by atoms with Crippen molar-refractivity contribution >= 4 is 5.97 Å². The molecule has 6 atom stereocenters. The molecule has 2 bridgehead atoms. The van der Waals surface area contributed by atoms with Crippen LogP contribution in [0.15, 0.2) is 0 Å². The summed E-state index contributed by atoms with van der Waals surface area (Å²) in [5.74, 6) is 2.13. The molecule has 4 rings (SSSR count). The Balaban J connectivity index is 1.96. The fraction of sp³-hybridized carbons (Fsp3) is 0.941.